The van der Waals surface area contributed by atoms with E-state index in [4.69, 9.17) is 14.7 Å². The van der Waals surface area contributed by atoms with Gasteiger partial charge in [-0.2, -0.15) is 0 Å². The van der Waals surface area contributed by atoms with Gasteiger partial charge in [0.05, 0.1) is 22.4 Å². The van der Waals surface area contributed by atoms with E-state index >= 15 is 0 Å². The van der Waals surface area contributed by atoms with Gasteiger partial charge in [0.2, 0.25) is 0 Å². The maximum atomic E-state index is 6.85. The van der Waals surface area contributed by atoms with Crippen molar-refractivity contribution >= 4 is 88.6 Å². The summed E-state index contributed by atoms with van der Waals surface area (Å²) in [5.74, 6) is 3.26. The highest BCUT2D eigenvalue weighted by Crippen LogP contribution is 2.47. The molecular weight excluding hydrogens is 721 g/mol. The average Bonchev–Trinajstić information content (AvgIpc) is 3.81. The smallest absolute Gasteiger partial charge is 0.184 e. The number of anilines is 3. The van der Waals surface area contributed by atoms with E-state index in [9.17, 15) is 0 Å². The Hall–Kier alpha value is -6.80. The first-order chi connectivity index (χ1) is 27.7. The minimum atomic E-state index is -2.95. The summed E-state index contributed by atoms with van der Waals surface area (Å²) >= 11 is 1.85. The van der Waals surface area contributed by atoms with Crippen LogP contribution in [0.4, 0.5) is 17.2 Å². The highest BCUT2D eigenvalue weighted by molar-refractivity contribution is 7.26. The molecule has 0 saturated heterocycles. The second kappa shape index (κ2) is 12.9. The molecule has 0 amide bonds. The summed E-state index contributed by atoms with van der Waals surface area (Å²) in [6.07, 6.45) is 1.89. The lowest BCUT2D eigenvalue weighted by molar-refractivity contribution is 0.483. The number of rotatable bonds is 6. The molecule has 11 rings (SSSR count). The van der Waals surface area contributed by atoms with Crippen molar-refractivity contribution in [1.82, 2.24) is 14.5 Å². The van der Waals surface area contributed by atoms with Crippen molar-refractivity contribution < 1.29 is 4.74 Å². The Labute approximate surface area is 329 Å². The minimum Gasteiger partial charge on any atom is -0.457 e. The summed E-state index contributed by atoms with van der Waals surface area (Å²) in [5, 5.41) is 7.79. The zero-order chi connectivity index (χ0) is 37.2. The van der Waals surface area contributed by atoms with Gasteiger partial charge < -0.3 is 9.30 Å². The minimum absolute atomic E-state index is 0.746. The van der Waals surface area contributed by atoms with Gasteiger partial charge in [-0.3, -0.25) is 4.90 Å². The Bertz CT molecular complexity index is 3050. The number of hydrogen-bond acceptors (Lipinski definition) is 5. The van der Waals surface area contributed by atoms with Gasteiger partial charge in [-0.25, -0.2) is 9.97 Å². The Morgan fingerprint density at radius 1 is 0.589 bits per heavy atom. The van der Waals surface area contributed by atoms with Gasteiger partial charge in [0, 0.05) is 45.0 Å². The largest absolute Gasteiger partial charge is 0.457 e. The number of aryl methyl sites for hydroxylation is 1. The number of thiophene rings is 1. The SMILES string of the molecule is Cn1c(-c2cccc(Oc3ccc4c(c3)N(c3ccccn3)c3c(ccc5sc6ccccc6c35)[Si]4(c3ccccc3)c3ccccc3)c2)nc2ccccc21. The molecule has 0 spiro atoms. The van der Waals surface area contributed by atoms with Crippen LogP contribution in [0.25, 0.3) is 42.6 Å². The third kappa shape index (κ3) is 4.91. The number of hydrogen-bond donors (Lipinski definition) is 0. The molecule has 56 heavy (non-hydrogen) atoms. The van der Waals surface area contributed by atoms with Crippen molar-refractivity contribution in [1.29, 1.82) is 0 Å². The van der Waals surface area contributed by atoms with Crippen molar-refractivity contribution in [3.63, 3.8) is 0 Å². The summed E-state index contributed by atoms with van der Waals surface area (Å²) in [5.41, 5.74) is 5.32. The molecule has 266 valence electrons. The van der Waals surface area contributed by atoms with Gasteiger partial charge in [-0.1, -0.05) is 121 Å². The fourth-order valence-electron chi connectivity index (χ4n) is 8.80. The maximum Gasteiger partial charge on any atom is 0.184 e. The van der Waals surface area contributed by atoms with Crippen molar-refractivity contribution in [3.8, 4) is 22.9 Å². The molecule has 0 fully saturated rings. The van der Waals surface area contributed by atoms with Crippen molar-refractivity contribution in [3.05, 3.63) is 188 Å². The number of nitrogens with zero attached hydrogens (tertiary/aromatic N) is 4. The summed E-state index contributed by atoms with van der Waals surface area (Å²) in [6, 6.07) is 65.2. The highest BCUT2D eigenvalue weighted by atomic mass is 32.1. The second-order valence-corrected chi connectivity index (χ2v) is 19.0. The molecule has 0 atom stereocenters. The van der Waals surface area contributed by atoms with Crippen molar-refractivity contribution in [2.24, 2.45) is 7.05 Å². The van der Waals surface area contributed by atoms with Crippen LogP contribution in [0.15, 0.2) is 188 Å². The summed E-state index contributed by atoms with van der Waals surface area (Å²) < 4.78 is 11.5. The molecule has 7 heteroatoms. The summed E-state index contributed by atoms with van der Waals surface area (Å²) in [7, 11) is -0.887. The molecule has 4 heterocycles. The van der Waals surface area contributed by atoms with E-state index in [1.54, 1.807) is 0 Å². The van der Waals surface area contributed by atoms with Crippen LogP contribution < -0.4 is 30.4 Å². The van der Waals surface area contributed by atoms with Crippen LogP contribution in [-0.4, -0.2) is 22.6 Å². The molecule has 0 unspecified atom stereocenters. The molecule has 0 radical (unpaired) electrons. The van der Waals surface area contributed by atoms with E-state index in [0.29, 0.717) is 0 Å². The lowest BCUT2D eigenvalue weighted by atomic mass is 10.1. The zero-order valence-corrected chi connectivity index (χ0v) is 32.3. The van der Waals surface area contributed by atoms with Gasteiger partial charge in [0.25, 0.3) is 0 Å². The molecule has 0 saturated carbocycles. The third-order valence-electron chi connectivity index (χ3n) is 11.2. The fourth-order valence-corrected chi connectivity index (χ4v) is 15.0. The third-order valence-corrected chi connectivity index (χ3v) is 17.1. The monoisotopic (exact) mass is 754 g/mol. The standard InChI is InChI=1S/C49H34N4OSSi/c1-52-40-23-10-9-22-39(40)51-49(52)33-15-14-16-34(31-33)54-35-26-28-44-41(32-35)53(46-25-12-13-30-50-46)48-45(29-27-43-47(48)38-21-8-11-24-42(38)55-43)56(44,36-17-4-2-5-18-36)37-19-6-3-7-20-37/h2-32H,1H3. The van der Waals surface area contributed by atoms with Gasteiger partial charge in [-0.15, -0.1) is 11.3 Å². The van der Waals surface area contributed by atoms with E-state index in [1.165, 1.54) is 46.6 Å². The van der Waals surface area contributed by atoms with Crippen LogP contribution in [0.3, 0.4) is 0 Å². The lowest BCUT2D eigenvalue weighted by Crippen LogP contribution is -2.77. The second-order valence-electron chi connectivity index (χ2n) is 14.2. The molecule has 7 aromatic carbocycles. The van der Waals surface area contributed by atoms with Crippen molar-refractivity contribution in [2.45, 2.75) is 0 Å². The van der Waals surface area contributed by atoms with Gasteiger partial charge in [0.1, 0.15) is 23.1 Å². The van der Waals surface area contributed by atoms with Crippen LogP contribution in [0, 0.1) is 0 Å². The van der Waals surface area contributed by atoms with E-state index in [0.717, 1.165) is 45.4 Å². The van der Waals surface area contributed by atoms with E-state index in [2.05, 4.69) is 174 Å². The topological polar surface area (TPSA) is 43.2 Å². The van der Waals surface area contributed by atoms with Gasteiger partial charge in [-0.05, 0) is 75.3 Å². The summed E-state index contributed by atoms with van der Waals surface area (Å²) in [4.78, 5) is 12.4. The fraction of sp³-hybridized carbons (Fsp3) is 0.0204. The molecule has 1 aliphatic heterocycles. The van der Waals surface area contributed by atoms with E-state index in [1.807, 2.05) is 41.8 Å². The Morgan fingerprint density at radius 2 is 1.30 bits per heavy atom. The summed E-state index contributed by atoms with van der Waals surface area (Å²) in [6.45, 7) is 0. The predicted molar refractivity (Wildman–Crippen MR) is 235 cm³/mol. The normalized spacial score (nSPS) is 13.2. The molecular formula is C49H34N4OSSi. The first kappa shape index (κ1) is 32.6. The molecule has 10 aromatic rings. The molecule has 0 N–H and O–H groups in total. The van der Waals surface area contributed by atoms with Crippen molar-refractivity contribution in [2.75, 3.05) is 4.90 Å². The zero-order valence-electron chi connectivity index (χ0n) is 30.5. The maximum absolute atomic E-state index is 6.85. The predicted octanol–water partition coefficient (Wildman–Crippen LogP) is 9.96. The Morgan fingerprint density at radius 3 is 2.09 bits per heavy atom. The van der Waals surface area contributed by atoms with Gasteiger partial charge >= 0.3 is 0 Å². The Balaban J connectivity index is 1.18. The Kier molecular flexibility index (Phi) is 7.52. The van der Waals surface area contributed by atoms with Crippen LogP contribution in [0.5, 0.6) is 11.5 Å². The number of benzene rings is 7. The number of para-hydroxylation sites is 2. The van der Waals surface area contributed by atoms with Crippen LogP contribution in [0.1, 0.15) is 0 Å². The lowest BCUT2D eigenvalue weighted by Gasteiger charge is -2.45. The number of pyridine rings is 1. The number of aromatic nitrogens is 3. The van der Waals surface area contributed by atoms with Crippen LogP contribution in [0.2, 0.25) is 0 Å². The van der Waals surface area contributed by atoms with E-state index in [-0.39, 0.29) is 0 Å². The van der Waals surface area contributed by atoms with Crippen LogP contribution >= 0.6 is 11.3 Å². The van der Waals surface area contributed by atoms with Gasteiger partial charge in [0.15, 0.2) is 8.07 Å². The van der Waals surface area contributed by atoms with Crippen LogP contribution in [-0.2, 0) is 7.05 Å². The molecule has 1 aliphatic rings. The van der Waals surface area contributed by atoms with E-state index < -0.39 is 8.07 Å². The molecule has 3 aromatic heterocycles. The first-order valence-electron chi connectivity index (χ1n) is 18.8. The molecule has 0 aliphatic carbocycles. The number of ether oxygens (including phenoxy) is 1. The molecule has 5 nitrogen and oxygen atoms in total. The first-order valence-corrected chi connectivity index (χ1v) is 21.6. The average molecular weight is 755 g/mol. The molecule has 0 bridgehead atoms. The number of fused-ring (bicyclic) bond motifs is 7. The quantitative estimate of drug-likeness (QED) is 0.159. The highest BCUT2D eigenvalue weighted by Gasteiger charge is 2.50. The number of imidazole rings is 1.